The van der Waals surface area contributed by atoms with E-state index in [0.29, 0.717) is 13.1 Å². The lowest BCUT2D eigenvalue weighted by Gasteiger charge is -2.35. The highest BCUT2D eigenvalue weighted by Gasteiger charge is 2.28. The number of piperazine rings is 1. The molecule has 6 nitrogen and oxygen atoms in total. The number of hydrogen-bond donors (Lipinski definition) is 1. The van der Waals surface area contributed by atoms with Gasteiger partial charge < -0.3 is 4.90 Å². The van der Waals surface area contributed by atoms with Crippen molar-refractivity contribution in [1.82, 2.24) is 14.5 Å². The van der Waals surface area contributed by atoms with Gasteiger partial charge in [0.25, 0.3) is 0 Å². The lowest BCUT2D eigenvalue weighted by atomic mass is 10.2. The van der Waals surface area contributed by atoms with E-state index in [0.717, 1.165) is 25.2 Å². The van der Waals surface area contributed by atoms with Crippen LogP contribution in [-0.2, 0) is 21.4 Å². The molecule has 27 heavy (non-hydrogen) atoms. The van der Waals surface area contributed by atoms with Gasteiger partial charge in [0.1, 0.15) is 0 Å². The number of hydrogen-bond acceptors (Lipinski definition) is 5. The predicted molar refractivity (Wildman–Crippen MR) is 107 cm³/mol. The third-order valence-electron chi connectivity index (χ3n) is 4.68. The van der Waals surface area contributed by atoms with E-state index in [1.807, 2.05) is 13.0 Å². The summed E-state index contributed by atoms with van der Waals surface area (Å²) in [6.07, 6.45) is 0. The SMILES string of the molecule is Cc1ccc(S(=O)(=O)NC(C)C(=O)N2CCN(Cc3cccs3)CC2)cc1. The van der Waals surface area contributed by atoms with Crippen LogP contribution in [0.15, 0.2) is 46.7 Å². The molecule has 1 aromatic carbocycles. The number of carbonyl (C=O) groups is 1. The average Bonchev–Trinajstić information content (AvgIpc) is 3.15. The molecular weight excluding hydrogens is 382 g/mol. The first-order valence-corrected chi connectivity index (χ1v) is 11.3. The predicted octanol–water partition coefficient (Wildman–Crippen LogP) is 2.07. The minimum atomic E-state index is -3.71. The summed E-state index contributed by atoms with van der Waals surface area (Å²) >= 11 is 1.73. The van der Waals surface area contributed by atoms with Gasteiger partial charge in [-0.2, -0.15) is 4.72 Å². The maximum atomic E-state index is 12.7. The van der Waals surface area contributed by atoms with Crippen LogP contribution in [0.4, 0.5) is 0 Å². The Bertz CT molecular complexity index is 856. The molecule has 0 spiro atoms. The van der Waals surface area contributed by atoms with Crippen molar-refractivity contribution in [2.24, 2.45) is 0 Å². The summed E-state index contributed by atoms with van der Waals surface area (Å²) < 4.78 is 27.5. The zero-order valence-corrected chi connectivity index (χ0v) is 17.2. The van der Waals surface area contributed by atoms with Crippen LogP contribution in [0, 0.1) is 6.92 Å². The normalized spacial score (nSPS) is 17.0. The molecule has 0 bridgehead atoms. The zero-order valence-electron chi connectivity index (χ0n) is 15.6. The number of carbonyl (C=O) groups excluding carboxylic acids is 1. The summed E-state index contributed by atoms with van der Waals surface area (Å²) in [5.41, 5.74) is 0.985. The standard InChI is InChI=1S/C19H25N3O3S2/c1-15-5-7-18(8-6-15)27(24,25)20-16(2)19(23)22-11-9-21(10-12-22)14-17-4-3-13-26-17/h3-8,13,16,20H,9-12,14H2,1-2H3. The van der Waals surface area contributed by atoms with Gasteiger partial charge in [0.2, 0.25) is 15.9 Å². The highest BCUT2D eigenvalue weighted by Crippen LogP contribution is 2.15. The topological polar surface area (TPSA) is 69.7 Å². The molecule has 1 N–H and O–H groups in total. The van der Waals surface area contributed by atoms with Gasteiger partial charge in [-0.3, -0.25) is 9.69 Å². The van der Waals surface area contributed by atoms with E-state index in [1.165, 1.54) is 4.88 Å². The molecule has 2 aromatic rings. The van der Waals surface area contributed by atoms with Gasteiger partial charge in [-0.15, -0.1) is 11.3 Å². The molecule has 146 valence electrons. The molecule has 1 aliphatic rings. The Morgan fingerprint density at radius 2 is 1.81 bits per heavy atom. The van der Waals surface area contributed by atoms with E-state index in [4.69, 9.17) is 0 Å². The van der Waals surface area contributed by atoms with E-state index >= 15 is 0 Å². The first-order valence-electron chi connectivity index (χ1n) is 8.98. The number of rotatable bonds is 6. The maximum Gasteiger partial charge on any atom is 0.241 e. The van der Waals surface area contributed by atoms with Gasteiger partial charge in [0.15, 0.2) is 0 Å². The van der Waals surface area contributed by atoms with Gasteiger partial charge >= 0.3 is 0 Å². The Morgan fingerprint density at radius 1 is 1.15 bits per heavy atom. The third-order valence-corrected chi connectivity index (χ3v) is 7.09. The van der Waals surface area contributed by atoms with Crippen LogP contribution in [0.3, 0.4) is 0 Å². The first-order chi connectivity index (χ1) is 12.8. The number of thiophene rings is 1. The fraction of sp³-hybridized carbons (Fsp3) is 0.421. The molecule has 1 unspecified atom stereocenters. The van der Waals surface area contributed by atoms with Crippen LogP contribution in [0.5, 0.6) is 0 Å². The van der Waals surface area contributed by atoms with Crippen molar-refractivity contribution in [2.75, 3.05) is 26.2 Å². The van der Waals surface area contributed by atoms with Gasteiger partial charge in [-0.1, -0.05) is 23.8 Å². The van der Waals surface area contributed by atoms with E-state index in [9.17, 15) is 13.2 Å². The molecule has 0 saturated carbocycles. The van der Waals surface area contributed by atoms with Crippen molar-refractivity contribution < 1.29 is 13.2 Å². The summed E-state index contributed by atoms with van der Waals surface area (Å²) in [4.78, 5) is 18.2. The highest BCUT2D eigenvalue weighted by atomic mass is 32.2. The highest BCUT2D eigenvalue weighted by molar-refractivity contribution is 7.89. The summed E-state index contributed by atoms with van der Waals surface area (Å²) in [5, 5.41) is 2.07. The summed E-state index contributed by atoms with van der Waals surface area (Å²) in [6.45, 7) is 7.21. The van der Waals surface area contributed by atoms with E-state index < -0.39 is 16.1 Å². The number of sulfonamides is 1. The van der Waals surface area contributed by atoms with Gasteiger partial charge in [-0.25, -0.2) is 8.42 Å². The van der Waals surface area contributed by atoms with Crippen LogP contribution < -0.4 is 4.72 Å². The van der Waals surface area contributed by atoms with Gasteiger partial charge in [-0.05, 0) is 37.4 Å². The Hall–Kier alpha value is -1.74. The Balaban J connectivity index is 1.54. The lowest BCUT2D eigenvalue weighted by Crippen LogP contribution is -2.53. The Morgan fingerprint density at radius 3 is 2.41 bits per heavy atom. The van der Waals surface area contributed by atoms with Crippen LogP contribution in [-0.4, -0.2) is 56.3 Å². The van der Waals surface area contributed by atoms with Gasteiger partial charge in [0, 0.05) is 37.6 Å². The quantitative estimate of drug-likeness (QED) is 0.796. The van der Waals surface area contributed by atoms with Crippen LogP contribution in [0.1, 0.15) is 17.4 Å². The zero-order chi connectivity index (χ0) is 19.4. The number of nitrogens with zero attached hydrogens (tertiary/aromatic N) is 2. The van der Waals surface area contributed by atoms with Crippen molar-refractivity contribution in [3.8, 4) is 0 Å². The molecule has 1 saturated heterocycles. The fourth-order valence-corrected chi connectivity index (χ4v) is 5.03. The third kappa shape index (κ3) is 5.16. The lowest BCUT2D eigenvalue weighted by molar-refractivity contribution is -0.134. The molecule has 8 heteroatoms. The molecule has 1 aliphatic heterocycles. The second kappa shape index (κ2) is 8.52. The van der Waals surface area contributed by atoms with Crippen molar-refractivity contribution >= 4 is 27.3 Å². The van der Waals surface area contributed by atoms with E-state index in [1.54, 1.807) is 47.4 Å². The molecule has 1 aromatic heterocycles. The molecule has 0 radical (unpaired) electrons. The van der Waals surface area contributed by atoms with Crippen LogP contribution in [0.2, 0.25) is 0 Å². The number of benzene rings is 1. The maximum absolute atomic E-state index is 12.7. The number of aryl methyl sites for hydroxylation is 1. The molecular formula is C19H25N3O3S2. The van der Waals surface area contributed by atoms with Crippen molar-refractivity contribution in [3.05, 3.63) is 52.2 Å². The van der Waals surface area contributed by atoms with Crippen molar-refractivity contribution in [1.29, 1.82) is 0 Å². The molecule has 1 atom stereocenters. The smallest absolute Gasteiger partial charge is 0.241 e. The molecule has 1 amide bonds. The minimum absolute atomic E-state index is 0.175. The number of nitrogens with one attached hydrogen (secondary N) is 1. The summed E-state index contributed by atoms with van der Waals surface area (Å²) in [5.74, 6) is -0.179. The monoisotopic (exact) mass is 407 g/mol. The average molecular weight is 408 g/mol. The molecule has 3 rings (SSSR count). The second-order valence-electron chi connectivity index (χ2n) is 6.84. The Labute approximate surface area is 164 Å². The van der Waals surface area contributed by atoms with E-state index in [2.05, 4.69) is 21.1 Å². The minimum Gasteiger partial charge on any atom is -0.339 e. The van der Waals surface area contributed by atoms with Crippen molar-refractivity contribution in [3.63, 3.8) is 0 Å². The Kier molecular flexibility index (Phi) is 6.31. The van der Waals surface area contributed by atoms with Crippen molar-refractivity contribution in [2.45, 2.75) is 31.3 Å². The van der Waals surface area contributed by atoms with Crippen LogP contribution in [0.25, 0.3) is 0 Å². The second-order valence-corrected chi connectivity index (χ2v) is 9.58. The first kappa shape index (κ1) is 20.0. The molecule has 2 heterocycles. The summed E-state index contributed by atoms with van der Waals surface area (Å²) in [7, 11) is -3.71. The van der Waals surface area contributed by atoms with Gasteiger partial charge in [0.05, 0.1) is 10.9 Å². The number of amides is 1. The largest absolute Gasteiger partial charge is 0.339 e. The molecule has 0 aliphatic carbocycles. The molecule has 1 fully saturated rings. The van der Waals surface area contributed by atoms with Crippen LogP contribution >= 0.6 is 11.3 Å². The van der Waals surface area contributed by atoms with E-state index in [-0.39, 0.29) is 10.8 Å². The fourth-order valence-electron chi connectivity index (χ4n) is 3.09. The summed E-state index contributed by atoms with van der Waals surface area (Å²) in [6, 6.07) is 9.96.